The highest BCUT2D eigenvalue weighted by molar-refractivity contribution is 5.66. The summed E-state index contributed by atoms with van der Waals surface area (Å²) in [6.45, 7) is 6.85. The number of carbonyl (C=O) groups is 1. The molecule has 0 aromatic heterocycles. The quantitative estimate of drug-likeness (QED) is 0.663. The third-order valence-electron chi connectivity index (χ3n) is 4.03. The van der Waals surface area contributed by atoms with E-state index in [4.69, 9.17) is 0 Å². The van der Waals surface area contributed by atoms with Crippen LogP contribution in [-0.4, -0.2) is 39.9 Å². The molecular formula is C12H21NO3. The molecule has 2 rings (SSSR count). The number of rotatable bonds is 0. The number of nitrogens with zero attached hydrogens (tertiary/aromatic N) is 1. The molecule has 2 N–H and O–H groups in total. The van der Waals surface area contributed by atoms with Gasteiger partial charge in [0, 0.05) is 12.6 Å². The van der Waals surface area contributed by atoms with E-state index in [1.807, 2.05) is 0 Å². The van der Waals surface area contributed by atoms with Crippen molar-refractivity contribution in [3.8, 4) is 0 Å². The van der Waals surface area contributed by atoms with Gasteiger partial charge in [0.25, 0.3) is 0 Å². The van der Waals surface area contributed by atoms with Crippen LogP contribution in [0, 0.1) is 17.3 Å². The minimum Gasteiger partial charge on any atom is -0.465 e. The summed E-state index contributed by atoms with van der Waals surface area (Å²) in [6, 6.07) is 0.0483. The van der Waals surface area contributed by atoms with E-state index in [9.17, 15) is 15.0 Å². The maximum atomic E-state index is 11.2. The van der Waals surface area contributed by atoms with E-state index in [-0.39, 0.29) is 17.6 Å². The first-order valence-electron chi connectivity index (χ1n) is 5.98. The normalized spacial score (nSPS) is 38.9. The van der Waals surface area contributed by atoms with Crippen molar-refractivity contribution in [1.82, 2.24) is 4.90 Å². The average Bonchev–Trinajstić information content (AvgIpc) is 2.56. The fourth-order valence-corrected chi connectivity index (χ4v) is 3.63. The van der Waals surface area contributed by atoms with E-state index >= 15 is 0 Å². The van der Waals surface area contributed by atoms with Crippen molar-refractivity contribution in [2.24, 2.45) is 17.3 Å². The van der Waals surface area contributed by atoms with Gasteiger partial charge in [-0.15, -0.1) is 0 Å². The van der Waals surface area contributed by atoms with E-state index in [2.05, 4.69) is 20.8 Å². The number of aliphatic hydroxyl groups excluding tert-OH is 1. The topological polar surface area (TPSA) is 60.8 Å². The molecule has 1 amide bonds. The first-order valence-corrected chi connectivity index (χ1v) is 5.98. The van der Waals surface area contributed by atoms with Gasteiger partial charge in [-0.05, 0) is 30.1 Å². The van der Waals surface area contributed by atoms with Crippen LogP contribution in [0.4, 0.5) is 4.79 Å². The highest BCUT2D eigenvalue weighted by atomic mass is 16.4. The molecule has 2 aliphatic rings. The molecule has 0 bridgehead atoms. The van der Waals surface area contributed by atoms with Crippen LogP contribution in [0.25, 0.3) is 0 Å². The van der Waals surface area contributed by atoms with Gasteiger partial charge in [-0.1, -0.05) is 20.8 Å². The summed E-state index contributed by atoms with van der Waals surface area (Å²) < 4.78 is 0. The maximum Gasteiger partial charge on any atom is 0.407 e. The molecule has 1 heterocycles. The van der Waals surface area contributed by atoms with Crippen molar-refractivity contribution >= 4 is 6.09 Å². The van der Waals surface area contributed by atoms with Gasteiger partial charge in [-0.25, -0.2) is 4.79 Å². The van der Waals surface area contributed by atoms with Crippen LogP contribution >= 0.6 is 0 Å². The molecule has 1 saturated carbocycles. The van der Waals surface area contributed by atoms with Crippen LogP contribution in [0.5, 0.6) is 0 Å². The maximum absolute atomic E-state index is 11.2. The number of amides is 1. The Balaban J connectivity index is 2.25. The number of hydrogen-bond donors (Lipinski definition) is 2. The van der Waals surface area contributed by atoms with Gasteiger partial charge in [0.05, 0.1) is 6.10 Å². The van der Waals surface area contributed by atoms with Crippen LogP contribution in [0.15, 0.2) is 0 Å². The Labute approximate surface area is 96.3 Å². The molecule has 1 unspecified atom stereocenters. The van der Waals surface area contributed by atoms with Crippen molar-refractivity contribution in [2.75, 3.05) is 6.54 Å². The highest BCUT2D eigenvalue weighted by Crippen LogP contribution is 2.47. The molecule has 4 nitrogen and oxygen atoms in total. The predicted molar refractivity (Wildman–Crippen MR) is 60.2 cm³/mol. The molecule has 0 aromatic rings. The Bertz CT molecular complexity index is 297. The number of aliphatic hydroxyl groups is 1. The lowest BCUT2D eigenvalue weighted by Gasteiger charge is -2.36. The molecule has 92 valence electrons. The van der Waals surface area contributed by atoms with Gasteiger partial charge in [0.15, 0.2) is 0 Å². The summed E-state index contributed by atoms with van der Waals surface area (Å²) in [6.07, 6.45) is 0.483. The summed E-state index contributed by atoms with van der Waals surface area (Å²) in [5, 5.41) is 18.9. The largest absolute Gasteiger partial charge is 0.465 e. The Kier molecular flexibility index (Phi) is 2.65. The number of carboxylic acid groups (broad SMARTS) is 1. The van der Waals surface area contributed by atoms with E-state index < -0.39 is 6.09 Å². The number of hydrogen-bond acceptors (Lipinski definition) is 2. The van der Waals surface area contributed by atoms with Gasteiger partial charge in [0.1, 0.15) is 0 Å². The monoisotopic (exact) mass is 227 g/mol. The van der Waals surface area contributed by atoms with E-state index in [0.29, 0.717) is 18.4 Å². The highest BCUT2D eigenvalue weighted by Gasteiger charge is 2.52. The minimum atomic E-state index is -0.816. The van der Waals surface area contributed by atoms with Crippen LogP contribution in [0.2, 0.25) is 0 Å². The van der Waals surface area contributed by atoms with Crippen LogP contribution in [0.1, 0.15) is 33.6 Å². The molecule has 4 atom stereocenters. The molecule has 1 saturated heterocycles. The van der Waals surface area contributed by atoms with E-state index in [0.717, 1.165) is 12.8 Å². The summed E-state index contributed by atoms with van der Waals surface area (Å²) in [5.41, 5.74) is -0.0537. The summed E-state index contributed by atoms with van der Waals surface area (Å²) >= 11 is 0. The van der Waals surface area contributed by atoms with Gasteiger partial charge >= 0.3 is 6.09 Å². The Hall–Kier alpha value is -0.770. The molecule has 0 aromatic carbocycles. The Morgan fingerprint density at radius 1 is 1.31 bits per heavy atom. The van der Waals surface area contributed by atoms with E-state index in [1.54, 1.807) is 4.90 Å². The third kappa shape index (κ3) is 1.79. The second-order valence-corrected chi connectivity index (χ2v) is 6.29. The van der Waals surface area contributed by atoms with Crippen molar-refractivity contribution < 1.29 is 15.0 Å². The van der Waals surface area contributed by atoms with Crippen molar-refractivity contribution in [3.05, 3.63) is 0 Å². The van der Waals surface area contributed by atoms with Gasteiger partial charge in [-0.3, -0.25) is 0 Å². The lowest BCUT2D eigenvalue weighted by atomic mass is 9.77. The Morgan fingerprint density at radius 3 is 2.44 bits per heavy atom. The zero-order chi connectivity index (χ0) is 12.1. The molecule has 16 heavy (non-hydrogen) atoms. The second kappa shape index (κ2) is 3.62. The van der Waals surface area contributed by atoms with Crippen molar-refractivity contribution in [3.63, 3.8) is 0 Å². The van der Waals surface area contributed by atoms with Gasteiger partial charge < -0.3 is 15.1 Å². The minimum absolute atomic E-state index is 0.0483. The number of likely N-dealkylation sites (tertiary alicyclic amines) is 1. The van der Waals surface area contributed by atoms with Crippen LogP contribution in [0.3, 0.4) is 0 Å². The fourth-order valence-electron chi connectivity index (χ4n) is 3.63. The standard InChI is InChI=1S/C12H21NO3/c1-12(2,3)10-9-5-8(14)4-7(9)6-13(10)11(15)16/h7-10,14H,4-6H2,1-3H3,(H,15,16)/t7-,8-,9-,10?/m0/s1. The zero-order valence-electron chi connectivity index (χ0n) is 10.2. The Morgan fingerprint density at radius 2 is 1.94 bits per heavy atom. The summed E-state index contributed by atoms with van der Waals surface area (Å²) in [7, 11) is 0. The van der Waals surface area contributed by atoms with Crippen LogP contribution in [-0.2, 0) is 0 Å². The van der Waals surface area contributed by atoms with Crippen molar-refractivity contribution in [1.29, 1.82) is 0 Å². The SMILES string of the molecule is CC(C)(C)C1[C@H]2C[C@@H](O)C[C@H]2CN1C(=O)O. The first kappa shape index (κ1) is 11.7. The predicted octanol–water partition coefficient (Wildman–Crippen LogP) is 1.78. The van der Waals surface area contributed by atoms with E-state index in [1.165, 1.54) is 0 Å². The number of fused-ring (bicyclic) bond motifs is 1. The molecule has 4 heteroatoms. The van der Waals surface area contributed by atoms with Gasteiger partial charge in [0.2, 0.25) is 0 Å². The van der Waals surface area contributed by atoms with Crippen LogP contribution < -0.4 is 0 Å². The third-order valence-corrected chi connectivity index (χ3v) is 4.03. The summed E-state index contributed by atoms with van der Waals surface area (Å²) in [5.74, 6) is 0.696. The molecular weight excluding hydrogens is 206 g/mol. The molecule has 2 fully saturated rings. The zero-order valence-corrected chi connectivity index (χ0v) is 10.2. The lowest BCUT2D eigenvalue weighted by Crippen LogP contribution is -2.45. The molecule has 0 spiro atoms. The van der Waals surface area contributed by atoms with Crippen molar-refractivity contribution in [2.45, 2.75) is 45.8 Å². The molecule has 1 aliphatic heterocycles. The average molecular weight is 227 g/mol. The fraction of sp³-hybridized carbons (Fsp3) is 0.917. The smallest absolute Gasteiger partial charge is 0.407 e. The molecule has 0 radical (unpaired) electrons. The molecule has 1 aliphatic carbocycles. The summed E-state index contributed by atoms with van der Waals surface area (Å²) in [4.78, 5) is 12.8. The van der Waals surface area contributed by atoms with Gasteiger partial charge in [-0.2, -0.15) is 0 Å². The second-order valence-electron chi connectivity index (χ2n) is 6.29. The lowest BCUT2D eigenvalue weighted by molar-refractivity contribution is 0.0785. The first-order chi connectivity index (χ1) is 7.30.